The number of benzene rings is 1. The van der Waals surface area contributed by atoms with Gasteiger partial charge in [0.1, 0.15) is 0 Å². The van der Waals surface area contributed by atoms with Gasteiger partial charge < -0.3 is 0 Å². The van der Waals surface area contributed by atoms with Gasteiger partial charge >= 0.3 is 103 Å². The second-order valence-corrected chi connectivity index (χ2v) is 5.90. The van der Waals surface area contributed by atoms with Crippen LogP contribution in [-0.4, -0.2) is 8.72 Å². The van der Waals surface area contributed by atoms with Gasteiger partial charge in [-0.05, 0) is 0 Å². The number of carbonyl (C=O) groups excluding carboxylic acids is 1. The van der Waals surface area contributed by atoms with E-state index in [0.29, 0.717) is 9.71 Å². The van der Waals surface area contributed by atoms with Gasteiger partial charge in [0.15, 0.2) is 0 Å². The van der Waals surface area contributed by atoms with Crippen LogP contribution in [-0.2, 0) is 0 Å². The summed E-state index contributed by atoms with van der Waals surface area (Å²) in [5, 5.41) is 0. The molecule has 1 aromatic rings. The first-order chi connectivity index (χ1) is 8.10. The van der Waals surface area contributed by atoms with Crippen LogP contribution in [0.3, 0.4) is 0 Å². The Hall–Kier alpha value is -0.380. The molecular weight excluding hydrogens is 323 g/mol. The molecule has 1 unspecified atom stereocenters. The van der Waals surface area contributed by atoms with Crippen LogP contribution >= 0.6 is 0 Å². The molecule has 17 heavy (non-hydrogen) atoms. The summed E-state index contributed by atoms with van der Waals surface area (Å²) in [6.45, 7) is 10.5. The molecule has 0 fully saturated rings. The van der Waals surface area contributed by atoms with E-state index in [1.165, 1.54) is 11.1 Å². The van der Waals surface area contributed by atoms with Crippen LogP contribution in [0.4, 0.5) is 0 Å². The molecule has 0 aliphatic rings. The van der Waals surface area contributed by atoms with E-state index in [4.69, 9.17) is 0 Å². The molecule has 0 saturated heterocycles. The van der Waals surface area contributed by atoms with E-state index >= 15 is 0 Å². The van der Waals surface area contributed by atoms with Gasteiger partial charge in [-0.15, -0.1) is 0 Å². The number of hydrogen-bond donors (Lipinski definition) is 0. The molecule has 0 saturated carbocycles. The summed E-state index contributed by atoms with van der Waals surface area (Å²) in [5.41, 5.74) is 3.53. The first-order valence-corrected chi connectivity index (χ1v) is 9.48. The zero-order valence-corrected chi connectivity index (χ0v) is 14.0. The summed E-state index contributed by atoms with van der Waals surface area (Å²) in [7, 11) is 0. The first-order valence-electron chi connectivity index (χ1n) is 6.24. The number of carbonyl (C=O) groups is 1. The summed E-state index contributed by atoms with van der Waals surface area (Å²) in [6.07, 6.45) is 1.15. The van der Waals surface area contributed by atoms with E-state index in [-0.39, 0.29) is 21.2 Å². The van der Waals surface area contributed by atoms with Crippen LogP contribution in [0.1, 0.15) is 61.5 Å². The Bertz CT molecular complexity index is 358. The SMILES string of the molecule is CC.CCC(C)c1ccc(C(=O)[I-]C)cc1C. The van der Waals surface area contributed by atoms with E-state index in [1.807, 2.05) is 30.9 Å². The fourth-order valence-electron chi connectivity index (χ4n) is 1.68. The van der Waals surface area contributed by atoms with Crippen molar-refractivity contribution >= 4 is 3.79 Å². The van der Waals surface area contributed by atoms with E-state index in [2.05, 4.69) is 26.8 Å². The van der Waals surface area contributed by atoms with Crippen molar-refractivity contribution in [1.82, 2.24) is 0 Å². The standard InChI is InChI=1S/C13H18IO.C2H6/c1-5-9(2)12-7-6-11(8-10(12)3)13(15)14-4;1-2/h6-9H,5H2,1-4H3;1-2H3/q-1;. The van der Waals surface area contributed by atoms with E-state index in [9.17, 15) is 4.79 Å². The molecule has 0 N–H and O–H groups in total. The summed E-state index contributed by atoms with van der Waals surface area (Å²) >= 11 is -0.315. The summed E-state index contributed by atoms with van der Waals surface area (Å²) in [5.74, 6) is 0.588. The zero-order valence-electron chi connectivity index (χ0n) is 11.8. The molecule has 1 nitrogen and oxygen atoms in total. The molecular formula is C15H24IO-. The molecule has 2 heteroatoms. The fourth-order valence-corrected chi connectivity index (χ4v) is 2.64. The molecule has 0 aromatic heterocycles. The van der Waals surface area contributed by atoms with Crippen molar-refractivity contribution in [3.63, 3.8) is 0 Å². The summed E-state index contributed by atoms with van der Waals surface area (Å²) < 4.78 is 0.340. The third-order valence-electron chi connectivity index (χ3n) is 2.81. The number of rotatable bonds is 4. The molecule has 0 heterocycles. The normalized spacial score (nSPS) is 11.6. The van der Waals surface area contributed by atoms with Crippen molar-refractivity contribution in [2.24, 2.45) is 0 Å². The van der Waals surface area contributed by atoms with Crippen LogP contribution in [0.2, 0.25) is 0 Å². The maximum absolute atomic E-state index is 11.6. The molecule has 1 atom stereocenters. The molecule has 0 spiro atoms. The van der Waals surface area contributed by atoms with Crippen LogP contribution < -0.4 is 21.2 Å². The van der Waals surface area contributed by atoms with Gasteiger partial charge in [-0.3, -0.25) is 0 Å². The average molecular weight is 347 g/mol. The van der Waals surface area contributed by atoms with Crippen molar-refractivity contribution < 1.29 is 26.0 Å². The Kier molecular flexibility index (Phi) is 8.48. The van der Waals surface area contributed by atoms with Crippen molar-refractivity contribution in [2.75, 3.05) is 4.93 Å². The first kappa shape index (κ1) is 16.6. The van der Waals surface area contributed by atoms with E-state index in [1.54, 1.807) is 0 Å². The number of halogens is 1. The van der Waals surface area contributed by atoms with Gasteiger partial charge in [0.2, 0.25) is 0 Å². The maximum atomic E-state index is 11.6. The topological polar surface area (TPSA) is 17.1 Å². The molecule has 0 aliphatic carbocycles. The monoisotopic (exact) mass is 347 g/mol. The third-order valence-corrected chi connectivity index (χ3v) is 4.41. The van der Waals surface area contributed by atoms with E-state index < -0.39 is 0 Å². The van der Waals surface area contributed by atoms with Crippen LogP contribution in [0.25, 0.3) is 0 Å². The molecule has 1 aromatic carbocycles. The third kappa shape index (κ3) is 4.78. The zero-order chi connectivity index (χ0) is 13.4. The number of aryl methyl sites for hydroxylation is 1. The molecule has 0 amide bonds. The van der Waals surface area contributed by atoms with Gasteiger partial charge in [0.25, 0.3) is 0 Å². The minimum absolute atomic E-state index is 0.315. The van der Waals surface area contributed by atoms with Gasteiger partial charge in [-0.25, -0.2) is 0 Å². The predicted octanol–water partition coefficient (Wildman–Crippen LogP) is 1.39. The van der Waals surface area contributed by atoms with E-state index in [0.717, 1.165) is 12.0 Å². The Morgan fingerprint density at radius 2 is 1.94 bits per heavy atom. The summed E-state index contributed by atoms with van der Waals surface area (Å²) in [6, 6.07) is 6.16. The van der Waals surface area contributed by atoms with Crippen molar-refractivity contribution in [3.8, 4) is 0 Å². The average Bonchev–Trinajstić information content (AvgIpc) is 2.39. The van der Waals surface area contributed by atoms with Crippen molar-refractivity contribution in [2.45, 2.75) is 47.0 Å². The second kappa shape index (κ2) is 8.67. The van der Waals surface area contributed by atoms with Crippen LogP contribution in [0, 0.1) is 6.92 Å². The molecule has 0 aliphatic heterocycles. The molecule has 0 bridgehead atoms. The number of alkyl halides is 1. The van der Waals surface area contributed by atoms with Gasteiger partial charge in [0.05, 0.1) is 0 Å². The quantitative estimate of drug-likeness (QED) is 0.457. The van der Waals surface area contributed by atoms with Gasteiger partial charge in [-0.2, -0.15) is 0 Å². The Morgan fingerprint density at radius 1 is 1.35 bits per heavy atom. The minimum atomic E-state index is -0.315. The Morgan fingerprint density at radius 3 is 2.35 bits per heavy atom. The molecule has 0 radical (unpaired) electrons. The van der Waals surface area contributed by atoms with Crippen LogP contribution in [0.5, 0.6) is 0 Å². The Labute approximate surface area is 116 Å². The molecule has 1 rings (SSSR count). The van der Waals surface area contributed by atoms with Crippen molar-refractivity contribution in [3.05, 3.63) is 34.9 Å². The van der Waals surface area contributed by atoms with Gasteiger partial charge in [-0.1, -0.05) is 13.8 Å². The Balaban J connectivity index is 0.00000121. The second-order valence-electron chi connectivity index (χ2n) is 3.84. The predicted molar refractivity (Wildman–Crippen MR) is 71.5 cm³/mol. The fraction of sp³-hybridized carbons (Fsp3) is 0.533. The molecule has 98 valence electrons. The summed E-state index contributed by atoms with van der Waals surface area (Å²) in [4.78, 5) is 13.6. The number of hydrogen-bond acceptors (Lipinski definition) is 1. The van der Waals surface area contributed by atoms with Crippen molar-refractivity contribution in [1.29, 1.82) is 0 Å². The van der Waals surface area contributed by atoms with Crippen LogP contribution in [0.15, 0.2) is 18.2 Å². The van der Waals surface area contributed by atoms with Gasteiger partial charge in [0, 0.05) is 0 Å².